The average molecular weight is 184 g/mol. The van der Waals surface area contributed by atoms with E-state index in [2.05, 4.69) is 17.1 Å². The fourth-order valence-electron chi connectivity index (χ4n) is 1.22. The second-order valence-corrected chi connectivity index (χ2v) is 3.96. The summed E-state index contributed by atoms with van der Waals surface area (Å²) < 4.78 is 17.7. The van der Waals surface area contributed by atoms with Crippen molar-refractivity contribution in [3.05, 3.63) is 12.0 Å². The number of H-pyrrole nitrogens is 1. The van der Waals surface area contributed by atoms with Gasteiger partial charge in [-0.2, -0.15) is 4.39 Å². The summed E-state index contributed by atoms with van der Waals surface area (Å²) in [7, 11) is 0. The van der Waals surface area contributed by atoms with Crippen molar-refractivity contribution in [3.63, 3.8) is 0 Å². The Hall–Kier alpha value is -1.06. The number of aromatic amines is 1. The summed E-state index contributed by atoms with van der Waals surface area (Å²) in [4.78, 5) is 0. The first-order valence-corrected chi connectivity index (χ1v) is 4.52. The van der Waals surface area contributed by atoms with Crippen LogP contribution in [0, 0.1) is 11.4 Å². The van der Waals surface area contributed by atoms with E-state index in [9.17, 15) is 4.39 Å². The van der Waals surface area contributed by atoms with Crippen molar-refractivity contribution in [1.29, 1.82) is 0 Å². The van der Waals surface area contributed by atoms with Crippen molar-refractivity contribution in [3.8, 4) is 5.88 Å². The highest BCUT2D eigenvalue weighted by molar-refractivity contribution is 5.05. The lowest BCUT2D eigenvalue weighted by Crippen LogP contribution is -2.04. The van der Waals surface area contributed by atoms with Crippen LogP contribution in [0.25, 0.3) is 0 Å². The molecule has 0 radical (unpaired) electrons. The largest absolute Gasteiger partial charge is 0.477 e. The van der Waals surface area contributed by atoms with E-state index in [0.717, 1.165) is 6.42 Å². The Kier molecular flexibility index (Phi) is 1.98. The van der Waals surface area contributed by atoms with Crippen molar-refractivity contribution in [2.75, 3.05) is 6.61 Å². The molecular formula is C9H13FN2O. The normalized spacial score (nSPS) is 18.6. The average Bonchev–Trinajstić information content (AvgIpc) is 2.65. The second-order valence-electron chi connectivity index (χ2n) is 3.96. The third-order valence-corrected chi connectivity index (χ3v) is 2.58. The summed E-state index contributed by atoms with van der Waals surface area (Å²) in [6.07, 6.45) is 3.60. The molecule has 1 fully saturated rings. The van der Waals surface area contributed by atoms with Crippen LogP contribution in [-0.4, -0.2) is 16.8 Å². The standard InChI is InChI=1S/C9H13FN2O/c1-9(2-3-9)4-5-13-8-6-7(10)11-12-8/h6H,2-5H2,1H3,(H,11,12). The van der Waals surface area contributed by atoms with Crippen molar-refractivity contribution < 1.29 is 9.13 Å². The smallest absolute Gasteiger partial charge is 0.235 e. The van der Waals surface area contributed by atoms with Gasteiger partial charge in [0.1, 0.15) is 0 Å². The molecule has 0 bridgehead atoms. The van der Waals surface area contributed by atoms with Crippen molar-refractivity contribution in [1.82, 2.24) is 10.2 Å². The van der Waals surface area contributed by atoms with E-state index in [1.165, 1.54) is 18.9 Å². The molecule has 0 saturated heterocycles. The lowest BCUT2D eigenvalue weighted by Gasteiger charge is -2.07. The van der Waals surface area contributed by atoms with Gasteiger partial charge in [0.2, 0.25) is 11.8 Å². The van der Waals surface area contributed by atoms with Crippen LogP contribution in [0.15, 0.2) is 6.07 Å². The molecule has 1 aliphatic rings. The quantitative estimate of drug-likeness (QED) is 0.778. The fourth-order valence-corrected chi connectivity index (χ4v) is 1.22. The minimum atomic E-state index is -0.451. The van der Waals surface area contributed by atoms with Gasteiger partial charge in [0, 0.05) is 0 Å². The molecule has 1 aliphatic carbocycles. The van der Waals surface area contributed by atoms with Gasteiger partial charge in [-0.1, -0.05) is 6.92 Å². The number of ether oxygens (including phenoxy) is 1. The summed E-state index contributed by atoms with van der Waals surface area (Å²) in [6, 6.07) is 1.26. The molecule has 0 aliphatic heterocycles. The summed E-state index contributed by atoms with van der Waals surface area (Å²) in [5.74, 6) is -0.102. The van der Waals surface area contributed by atoms with Crippen LogP contribution in [0.4, 0.5) is 4.39 Å². The van der Waals surface area contributed by atoms with Crippen molar-refractivity contribution in [2.45, 2.75) is 26.2 Å². The zero-order valence-electron chi connectivity index (χ0n) is 7.64. The van der Waals surface area contributed by atoms with E-state index in [0.29, 0.717) is 17.9 Å². The van der Waals surface area contributed by atoms with Gasteiger partial charge in [-0.05, 0) is 24.7 Å². The van der Waals surface area contributed by atoms with E-state index in [-0.39, 0.29) is 0 Å². The lowest BCUT2D eigenvalue weighted by molar-refractivity contribution is 0.267. The molecule has 72 valence electrons. The van der Waals surface area contributed by atoms with E-state index in [1.54, 1.807) is 0 Å². The number of hydrogen-bond acceptors (Lipinski definition) is 2. The van der Waals surface area contributed by atoms with Gasteiger partial charge in [-0.3, -0.25) is 0 Å². The van der Waals surface area contributed by atoms with Gasteiger partial charge < -0.3 is 4.74 Å². The Morgan fingerprint density at radius 3 is 3.00 bits per heavy atom. The van der Waals surface area contributed by atoms with Gasteiger partial charge in [0.05, 0.1) is 12.7 Å². The van der Waals surface area contributed by atoms with Crippen LogP contribution in [0.2, 0.25) is 0 Å². The molecule has 0 amide bonds. The van der Waals surface area contributed by atoms with E-state index in [4.69, 9.17) is 4.74 Å². The van der Waals surface area contributed by atoms with Crippen LogP contribution < -0.4 is 4.74 Å². The Bertz CT molecular complexity index is 294. The molecule has 0 unspecified atom stereocenters. The number of aromatic nitrogens is 2. The SMILES string of the molecule is CC1(CCOc2cc(F)[nH]n2)CC1. The Labute approximate surface area is 76.3 Å². The van der Waals surface area contributed by atoms with E-state index in [1.807, 2.05) is 0 Å². The van der Waals surface area contributed by atoms with Crippen molar-refractivity contribution in [2.24, 2.45) is 5.41 Å². The van der Waals surface area contributed by atoms with Crippen LogP contribution in [-0.2, 0) is 0 Å². The van der Waals surface area contributed by atoms with E-state index >= 15 is 0 Å². The molecule has 1 aromatic heterocycles. The van der Waals surface area contributed by atoms with Crippen LogP contribution >= 0.6 is 0 Å². The summed E-state index contributed by atoms with van der Waals surface area (Å²) in [5.41, 5.74) is 0.481. The predicted molar refractivity (Wildman–Crippen MR) is 46.0 cm³/mol. The number of halogens is 1. The van der Waals surface area contributed by atoms with Crippen LogP contribution in [0.1, 0.15) is 26.2 Å². The maximum absolute atomic E-state index is 12.4. The third-order valence-electron chi connectivity index (χ3n) is 2.58. The molecule has 0 atom stereocenters. The molecule has 1 N–H and O–H groups in total. The van der Waals surface area contributed by atoms with Gasteiger partial charge in [-0.15, -0.1) is 5.10 Å². The zero-order chi connectivity index (χ0) is 9.31. The first-order chi connectivity index (χ1) is 6.18. The monoisotopic (exact) mass is 184 g/mol. The van der Waals surface area contributed by atoms with Gasteiger partial charge in [0.25, 0.3) is 0 Å². The minimum absolute atomic E-state index is 0.349. The van der Waals surface area contributed by atoms with Gasteiger partial charge >= 0.3 is 0 Å². The molecule has 1 saturated carbocycles. The van der Waals surface area contributed by atoms with Gasteiger partial charge in [-0.25, -0.2) is 5.10 Å². The highest BCUT2D eigenvalue weighted by Crippen LogP contribution is 2.47. The first kappa shape index (κ1) is 8.53. The molecule has 13 heavy (non-hydrogen) atoms. The second kappa shape index (κ2) is 3.01. The number of rotatable bonds is 4. The maximum Gasteiger partial charge on any atom is 0.235 e. The number of nitrogens with zero attached hydrogens (tertiary/aromatic N) is 1. The third kappa shape index (κ3) is 2.20. The predicted octanol–water partition coefficient (Wildman–Crippen LogP) is 2.12. The fraction of sp³-hybridized carbons (Fsp3) is 0.667. The van der Waals surface area contributed by atoms with Crippen molar-refractivity contribution >= 4 is 0 Å². The topological polar surface area (TPSA) is 37.9 Å². The number of hydrogen-bond donors (Lipinski definition) is 1. The number of nitrogens with one attached hydrogen (secondary N) is 1. The molecule has 1 aromatic rings. The summed E-state index contributed by atoms with van der Waals surface area (Å²) >= 11 is 0. The first-order valence-electron chi connectivity index (χ1n) is 4.52. The minimum Gasteiger partial charge on any atom is -0.477 e. The summed E-state index contributed by atoms with van der Waals surface area (Å²) in [5, 5.41) is 5.82. The highest BCUT2D eigenvalue weighted by Gasteiger charge is 2.36. The highest BCUT2D eigenvalue weighted by atomic mass is 19.1. The molecule has 3 nitrogen and oxygen atoms in total. The maximum atomic E-state index is 12.4. The molecule has 0 aromatic carbocycles. The Morgan fingerprint density at radius 1 is 1.69 bits per heavy atom. The Balaban J connectivity index is 1.73. The van der Waals surface area contributed by atoms with E-state index < -0.39 is 5.95 Å². The van der Waals surface area contributed by atoms with Crippen LogP contribution in [0.3, 0.4) is 0 Å². The van der Waals surface area contributed by atoms with Gasteiger partial charge in [0.15, 0.2) is 0 Å². The van der Waals surface area contributed by atoms with Crippen LogP contribution in [0.5, 0.6) is 5.88 Å². The molecule has 0 spiro atoms. The Morgan fingerprint density at radius 2 is 2.46 bits per heavy atom. The molecule has 4 heteroatoms. The molecular weight excluding hydrogens is 171 g/mol. The zero-order valence-corrected chi connectivity index (χ0v) is 7.64. The molecule has 1 heterocycles. The summed E-state index contributed by atoms with van der Waals surface area (Å²) in [6.45, 7) is 2.86. The lowest BCUT2D eigenvalue weighted by atomic mass is 10.1. The molecule has 2 rings (SSSR count).